The maximum absolute atomic E-state index is 12.5. The molecule has 2 aromatic rings. The molecule has 0 unspecified atom stereocenters. The van der Waals surface area contributed by atoms with Crippen LogP contribution in [0, 0.1) is 0 Å². The van der Waals surface area contributed by atoms with E-state index in [0.29, 0.717) is 18.0 Å². The molecule has 24 heavy (non-hydrogen) atoms. The van der Waals surface area contributed by atoms with Gasteiger partial charge in [0.1, 0.15) is 5.75 Å². The van der Waals surface area contributed by atoms with E-state index < -0.39 is 11.7 Å². The average Bonchev–Trinajstić information content (AvgIpc) is 2.57. The smallest absolute Gasteiger partial charge is 0.416 e. The molecule has 0 saturated carbocycles. The van der Waals surface area contributed by atoms with E-state index in [-0.39, 0.29) is 0 Å². The summed E-state index contributed by atoms with van der Waals surface area (Å²) in [4.78, 5) is 0. The van der Waals surface area contributed by atoms with Crippen LogP contribution < -0.4 is 4.74 Å². The Morgan fingerprint density at radius 2 is 1.38 bits per heavy atom. The van der Waals surface area contributed by atoms with Crippen molar-refractivity contribution in [3.63, 3.8) is 0 Å². The van der Waals surface area contributed by atoms with Gasteiger partial charge in [0.25, 0.3) is 0 Å². The van der Waals surface area contributed by atoms with Crippen LogP contribution in [-0.4, -0.2) is 6.61 Å². The molecule has 0 bridgehead atoms. The zero-order valence-electron chi connectivity index (χ0n) is 13.4. The third kappa shape index (κ3) is 5.68. The lowest BCUT2D eigenvalue weighted by Gasteiger charge is -2.06. The fourth-order valence-electron chi connectivity index (χ4n) is 1.98. The van der Waals surface area contributed by atoms with Crippen molar-refractivity contribution in [2.24, 2.45) is 10.2 Å². The van der Waals surface area contributed by atoms with Gasteiger partial charge in [-0.1, -0.05) is 19.8 Å². The Kier molecular flexibility index (Phi) is 6.35. The van der Waals surface area contributed by atoms with E-state index in [2.05, 4.69) is 17.2 Å². The topological polar surface area (TPSA) is 34.0 Å². The first-order chi connectivity index (χ1) is 11.5. The minimum Gasteiger partial charge on any atom is -0.494 e. The van der Waals surface area contributed by atoms with Crippen molar-refractivity contribution in [1.82, 2.24) is 0 Å². The maximum atomic E-state index is 12.5. The van der Waals surface area contributed by atoms with Gasteiger partial charge in [0.2, 0.25) is 0 Å². The zero-order valence-corrected chi connectivity index (χ0v) is 13.4. The lowest BCUT2D eigenvalue weighted by atomic mass is 10.2. The highest BCUT2D eigenvalue weighted by Gasteiger charge is 2.29. The molecule has 0 fully saturated rings. The summed E-state index contributed by atoms with van der Waals surface area (Å²) in [6, 6.07) is 11.7. The van der Waals surface area contributed by atoms with E-state index in [1.807, 2.05) is 0 Å². The van der Waals surface area contributed by atoms with Gasteiger partial charge in [-0.05, 0) is 55.0 Å². The van der Waals surface area contributed by atoms with Crippen LogP contribution >= 0.6 is 0 Å². The van der Waals surface area contributed by atoms with Gasteiger partial charge in [0.05, 0.1) is 23.5 Å². The summed E-state index contributed by atoms with van der Waals surface area (Å²) in [6.07, 6.45) is -1.04. The fourth-order valence-corrected chi connectivity index (χ4v) is 1.98. The van der Waals surface area contributed by atoms with Crippen LogP contribution in [-0.2, 0) is 6.18 Å². The quantitative estimate of drug-likeness (QED) is 0.409. The first-order valence-electron chi connectivity index (χ1n) is 7.81. The first kappa shape index (κ1) is 18.0. The first-order valence-corrected chi connectivity index (χ1v) is 7.81. The molecule has 0 aliphatic carbocycles. The molecule has 0 aliphatic heterocycles. The van der Waals surface area contributed by atoms with Crippen molar-refractivity contribution in [3.05, 3.63) is 54.1 Å². The maximum Gasteiger partial charge on any atom is 0.416 e. The summed E-state index contributed by atoms with van der Waals surface area (Å²) >= 11 is 0. The van der Waals surface area contributed by atoms with Crippen molar-refractivity contribution in [2.75, 3.05) is 6.61 Å². The predicted molar refractivity (Wildman–Crippen MR) is 87.1 cm³/mol. The van der Waals surface area contributed by atoms with Gasteiger partial charge in [-0.25, -0.2) is 0 Å². The van der Waals surface area contributed by atoms with Crippen molar-refractivity contribution in [1.29, 1.82) is 0 Å². The number of hydrogen-bond donors (Lipinski definition) is 0. The molecule has 6 heteroatoms. The third-order valence-electron chi connectivity index (χ3n) is 3.33. The standard InChI is InChI=1S/C18H19F3N2O/c1-2-3-4-13-24-17-11-9-16(10-12-17)23-22-15-7-5-14(6-8-15)18(19,20)21/h5-12H,2-4,13H2,1H3. The van der Waals surface area contributed by atoms with Crippen molar-refractivity contribution in [2.45, 2.75) is 32.4 Å². The highest BCUT2D eigenvalue weighted by Crippen LogP contribution is 2.30. The number of ether oxygens (including phenoxy) is 1. The van der Waals surface area contributed by atoms with Gasteiger partial charge >= 0.3 is 6.18 Å². The lowest BCUT2D eigenvalue weighted by Crippen LogP contribution is -2.03. The average molecular weight is 336 g/mol. The summed E-state index contributed by atoms with van der Waals surface area (Å²) in [6.45, 7) is 2.82. The van der Waals surface area contributed by atoms with Crippen LogP contribution in [0.1, 0.15) is 31.7 Å². The van der Waals surface area contributed by atoms with E-state index in [1.54, 1.807) is 24.3 Å². The fraction of sp³-hybridized carbons (Fsp3) is 0.333. The molecule has 2 aromatic carbocycles. The Balaban J connectivity index is 1.92. The van der Waals surface area contributed by atoms with Crippen LogP contribution in [0.2, 0.25) is 0 Å². The molecule has 0 N–H and O–H groups in total. The molecule has 0 amide bonds. The molecule has 0 heterocycles. The summed E-state index contributed by atoms with van der Waals surface area (Å²) in [5, 5.41) is 7.94. The minimum atomic E-state index is -4.34. The molecule has 0 radical (unpaired) electrons. The van der Waals surface area contributed by atoms with Crippen LogP contribution in [0.5, 0.6) is 5.75 Å². The van der Waals surface area contributed by atoms with Crippen molar-refractivity contribution < 1.29 is 17.9 Å². The molecular formula is C18H19F3N2O. The minimum absolute atomic E-state index is 0.364. The number of alkyl halides is 3. The summed E-state index contributed by atoms with van der Waals surface area (Å²) < 4.78 is 43.0. The Hall–Kier alpha value is -2.37. The number of benzene rings is 2. The number of rotatable bonds is 7. The van der Waals surface area contributed by atoms with Crippen molar-refractivity contribution >= 4 is 11.4 Å². The molecule has 0 aliphatic rings. The normalized spacial score (nSPS) is 11.8. The van der Waals surface area contributed by atoms with E-state index in [1.165, 1.54) is 12.1 Å². The largest absolute Gasteiger partial charge is 0.494 e. The Labute approximate surface area is 139 Å². The highest BCUT2D eigenvalue weighted by molar-refractivity contribution is 5.43. The van der Waals surface area contributed by atoms with Gasteiger partial charge in [0.15, 0.2) is 0 Å². The van der Waals surface area contributed by atoms with Gasteiger partial charge < -0.3 is 4.74 Å². The van der Waals surface area contributed by atoms with E-state index in [9.17, 15) is 13.2 Å². The molecule has 0 spiro atoms. The summed E-state index contributed by atoms with van der Waals surface area (Å²) in [7, 11) is 0. The monoisotopic (exact) mass is 336 g/mol. The molecular weight excluding hydrogens is 317 g/mol. The van der Waals surface area contributed by atoms with E-state index in [0.717, 1.165) is 37.1 Å². The van der Waals surface area contributed by atoms with Crippen LogP contribution in [0.3, 0.4) is 0 Å². The zero-order chi connectivity index (χ0) is 17.4. The van der Waals surface area contributed by atoms with E-state index in [4.69, 9.17) is 4.74 Å². The van der Waals surface area contributed by atoms with Crippen LogP contribution in [0.15, 0.2) is 58.8 Å². The van der Waals surface area contributed by atoms with E-state index >= 15 is 0 Å². The Morgan fingerprint density at radius 1 is 0.833 bits per heavy atom. The lowest BCUT2D eigenvalue weighted by molar-refractivity contribution is -0.137. The van der Waals surface area contributed by atoms with Crippen LogP contribution in [0.25, 0.3) is 0 Å². The molecule has 0 saturated heterocycles. The number of nitrogens with zero attached hydrogens (tertiary/aromatic N) is 2. The molecule has 2 rings (SSSR count). The number of unbranched alkanes of at least 4 members (excludes halogenated alkanes) is 2. The second-order valence-corrected chi connectivity index (χ2v) is 5.29. The second-order valence-electron chi connectivity index (χ2n) is 5.29. The summed E-state index contributed by atoms with van der Waals surface area (Å²) in [5.74, 6) is 0.764. The van der Waals surface area contributed by atoms with Crippen LogP contribution in [0.4, 0.5) is 24.5 Å². The third-order valence-corrected chi connectivity index (χ3v) is 3.33. The number of hydrogen-bond acceptors (Lipinski definition) is 3. The predicted octanol–water partition coefficient (Wildman–Crippen LogP) is 6.69. The van der Waals surface area contributed by atoms with Crippen molar-refractivity contribution in [3.8, 4) is 5.75 Å². The van der Waals surface area contributed by atoms with Gasteiger partial charge in [-0.2, -0.15) is 23.4 Å². The molecule has 3 nitrogen and oxygen atoms in total. The summed E-state index contributed by atoms with van der Waals surface area (Å²) in [5.41, 5.74) is 0.268. The Morgan fingerprint density at radius 3 is 1.88 bits per heavy atom. The second kappa shape index (κ2) is 8.47. The number of azo groups is 1. The van der Waals surface area contributed by atoms with Gasteiger partial charge in [-0.15, -0.1) is 0 Å². The molecule has 0 atom stereocenters. The molecule has 128 valence electrons. The SMILES string of the molecule is CCCCCOc1ccc(N=Nc2ccc(C(F)(F)F)cc2)cc1. The highest BCUT2D eigenvalue weighted by atomic mass is 19.4. The molecule has 0 aromatic heterocycles. The number of halogens is 3. The van der Waals surface area contributed by atoms with Gasteiger partial charge in [-0.3, -0.25) is 0 Å². The Bertz CT molecular complexity index is 649. The van der Waals surface area contributed by atoms with Gasteiger partial charge in [0, 0.05) is 0 Å².